The van der Waals surface area contributed by atoms with Crippen LogP contribution >= 0.6 is 0 Å². The Hall–Kier alpha value is -2.20. The number of ether oxygens (including phenoxy) is 1. The van der Waals surface area contributed by atoms with Crippen molar-refractivity contribution in [1.29, 1.82) is 0 Å². The minimum absolute atomic E-state index is 0.126. The van der Waals surface area contributed by atoms with Crippen LogP contribution in [-0.2, 0) is 4.74 Å². The molecule has 2 heterocycles. The number of carbonyl (C=O) groups excluding carboxylic acids is 1. The first-order chi connectivity index (χ1) is 8.77. The predicted octanol–water partition coefficient (Wildman–Crippen LogP) is 1.64. The summed E-state index contributed by atoms with van der Waals surface area (Å²) in [6, 6.07) is 14.3. The van der Waals surface area contributed by atoms with Crippen LogP contribution in [0.25, 0.3) is 0 Å². The van der Waals surface area contributed by atoms with Gasteiger partial charge in [-0.1, -0.05) is 30.3 Å². The Kier molecular flexibility index (Phi) is 2.57. The first kappa shape index (κ1) is 10.9. The summed E-state index contributed by atoms with van der Waals surface area (Å²) in [4.78, 5) is 12.1. The lowest BCUT2D eigenvalue weighted by Gasteiger charge is -2.00. The van der Waals surface area contributed by atoms with Crippen molar-refractivity contribution in [3.63, 3.8) is 0 Å². The molecule has 4 nitrogen and oxygen atoms in total. The normalized spacial score (nSPS) is 21.6. The van der Waals surface area contributed by atoms with Gasteiger partial charge in [-0.25, -0.2) is 0 Å². The Morgan fingerprint density at radius 2 is 1.83 bits per heavy atom. The quantitative estimate of drug-likeness (QED) is 0.355. The van der Waals surface area contributed by atoms with Crippen LogP contribution in [0.5, 0.6) is 0 Å². The molecule has 0 amide bonds. The lowest BCUT2D eigenvalue weighted by Crippen LogP contribution is -2.35. The average molecular weight is 241 g/mol. The van der Waals surface area contributed by atoms with Crippen molar-refractivity contribution in [2.45, 2.75) is 12.2 Å². The van der Waals surface area contributed by atoms with Gasteiger partial charge < -0.3 is 9.94 Å². The minimum atomic E-state index is -0.532. The Morgan fingerprint density at radius 3 is 2.56 bits per heavy atom. The Balaban J connectivity index is 1.80. The first-order valence-electron chi connectivity index (χ1n) is 5.70. The van der Waals surface area contributed by atoms with Crippen molar-refractivity contribution >= 4 is 5.78 Å². The largest absolute Gasteiger partial charge is 0.618 e. The van der Waals surface area contributed by atoms with Crippen LogP contribution in [-0.4, -0.2) is 11.9 Å². The molecular formula is C14H11NO3. The van der Waals surface area contributed by atoms with Crippen molar-refractivity contribution in [1.82, 2.24) is 0 Å². The van der Waals surface area contributed by atoms with E-state index in [-0.39, 0.29) is 17.6 Å². The van der Waals surface area contributed by atoms with Gasteiger partial charge in [0.25, 0.3) is 11.5 Å². The molecule has 0 spiro atoms. The van der Waals surface area contributed by atoms with E-state index in [1.165, 1.54) is 12.3 Å². The molecule has 4 heteroatoms. The molecule has 0 saturated carbocycles. The Bertz CT molecular complexity index is 583. The van der Waals surface area contributed by atoms with Crippen LogP contribution in [0.15, 0.2) is 54.7 Å². The molecule has 1 aliphatic rings. The summed E-state index contributed by atoms with van der Waals surface area (Å²) in [7, 11) is 0. The summed E-state index contributed by atoms with van der Waals surface area (Å²) < 4.78 is 5.95. The fourth-order valence-corrected chi connectivity index (χ4v) is 1.97. The standard InChI is InChI=1S/C14H11NO3/c16-12(11-8-4-5-9-15(11)17)14-13(18-14)10-6-2-1-3-7-10/h1-9,13-14H/t13-,14+/m1/s1. The molecule has 1 aliphatic heterocycles. The molecule has 0 bridgehead atoms. The number of Topliss-reactive ketones (excluding diaryl/α,β-unsaturated/α-hetero) is 1. The molecule has 0 aliphatic carbocycles. The highest BCUT2D eigenvalue weighted by Gasteiger charge is 2.48. The molecule has 1 fully saturated rings. The number of epoxide rings is 1. The van der Waals surface area contributed by atoms with Gasteiger partial charge in [0.2, 0.25) is 0 Å². The van der Waals surface area contributed by atoms with Gasteiger partial charge in [0, 0.05) is 12.1 Å². The Morgan fingerprint density at radius 1 is 1.11 bits per heavy atom. The second kappa shape index (κ2) is 4.23. The van der Waals surface area contributed by atoms with Gasteiger partial charge in [0.1, 0.15) is 6.10 Å². The van der Waals surface area contributed by atoms with Gasteiger partial charge in [-0.2, -0.15) is 4.73 Å². The van der Waals surface area contributed by atoms with Gasteiger partial charge in [0.15, 0.2) is 12.3 Å². The molecular weight excluding hydrogens is 230 g/mol. The molecule has 0 radical (unpaired) electrons. The van der Waals surface area contributed by atoms with Gasteiger partial charge in [-0.3, -0.25) is 4.79 Å². The zero-order chi connectivity index (χ0) is 12.5. The molecule has 18 heavy (non-hydrogen) atoms. The number of pyridine rings is 1. The third-order valence-electron chi connectivity index (χ3n) is 2.95. The van der Waals surface area contributed by atoms with Crippen LogP contribution in [0.1, 0.15) is 22.2 Å². The second-order valence-corrected chi connectivity index (χ2v) is 4.16. The van der Waals surface area contributed by atoms with E-state index in [1.807, 2.05) is 30.3 Å². The summed E-state index contributed by atoms with van der Waals surface area (Å²) in [6.45, 7) is 0. The maximum absolute atomic E-state index is 12.1. The summed E-state index contributed by atoms with van der Waals surface area (Å²) in [5.41, 5.74) is 1.09. The summed E-state index contributed by atoms with van der Waals surface area (Å²) in [6.07, 6.45) is 0.557. The van der Waals surface area contributed by atoms with Crippen molar-refractivity contribution < 1.29 is 14.3 Å². The number of ketones is 1. The van der Waals surface area contributed by atoms with Gasteiger partial charge in [0.05, 0.1) is 0 Å². The number of benzene rings is 1. The highest BCUT2D eigenvalue weighted by Crippen LogP contribution is 2.39. The number of hydrogen-bond acceptors (Lipinski definition) is 3. The molecule has 2 aromatic rings. The third-order valence-corrected chi connectivity index (χ3v) is 2.95. The summed E-state index contributed by atoms with van der Waals surface area (Å²) in [5, 5.41) is 11.5. The lowest BCUT2D eigenvalue weighted by atomic mass is 10.1. The second-order valence-electron chi connectivity index (χ2n) is 4.16. The molecule has 0 N–H and O–H groups in total. The number of aromatic nitrogens is 1. The van der Waals surface area contributed by atoms with E-state index in [9.17, 15) is 10.0 Å². The van der Waals surface area contributed by atoms with E-state index >= 15 is 0 Å². The van der Waals surface area contributed by atoms with Crippen LogP contribution in [0.4, 0.5) is 0 Å². The molecule has 1 aromatic heterocycles. The van der Waals surface area contributed by atoms with E-state index < -0.39 is 6.10 Å². The maximum Gasteiger partial charge on any atom is 0.262 e. The third kappa shape index (κ3) is 1.87. The molecule has 3 rings (SSSR count). The summed E-state index contributed by atoms with van der Waals surface area (Å²) >= 11 is 0. The smallest absolute Gasteiger partial charge is 0.262 e. The van der Waals surface area contributed by atoms with Gasteiger partial charge in [-0.15, -0.1) is 0 Å². The minimum Gasteiger partial charge on any atom is -0.618 e. The van der Waals surface area contributed by atoms with E-state index in [1.54, 1.807) is 12.1 Å². The molecule has 1 aromatic carbocycles. The zero-order valence-corrected chi connectivity index (χ0v) is 9.52. The molecule has 2 atom stereocenters. The maximum atomic E-state index is 12.1. The van der Waals surface area contributed by atoms with E-state index in [0.717, 1.165) is 5.56 Å². The van der Waals surface area contributed by atoms with Crippen LogP contribution in [0, 0.1) is 5.21 Å². The Labute approximate surface area is 104 Å². The van der Waals surface area contributed by atoms with Crippen molar-refractivity contribution in [3.05, 3.63) is 71.2 Å². The first-order valence-corrected chi connectivity index (χ1v) is 5.70. The molecule has 90 valence electrons. The molecule has 0 unspecified atom stereocenters. The average Bonchev–Trinajstić information content (AvgIpc) is 3.20. The summed E-state index contributed by atoms with van der Waals surface area (Å²) in [5.74, 6) is -0.264. The van der Waals surface area contributed by atoms with Crippen LogP contribution < -0.4 is 4.73 Å². The van der Waals surface area contributed by atoms with Crippen LogP contribution in [0.2, 0.25) is 0 Å². The monoisotopic (exact) mass is 241 g/mol. The fourth-order valence-electron chi connectivity index (χ4n) is 1.97. The highest BCUT2D eigenvalue weighted by atomic mass is 16.6. The lowest BCUT2D eigenvalue weighted by molar-refractivity contribution is -0.607. The van der Waals surface area contributed by atoms with Crippen LogP contribution in [0.3, 0.4) is 0 Å². The topological polar surface area (TPSA) is 56.5 Å². The van der Waals surface area contributed by atoms with Gasteiger partial charge in [-0.05, 0) is 11.6 Å². The highest BCUT2D eigenvalue weighted by molar-refractivity contribution is 5.98. The predicted molar refractivity (Wildman–Crippen MR) is 63.8 cm³/mol. The fraction of sp³-hybridized carbons (Fsp3) is 0.143. The van der Waals surface area contributed by atoms with Crippen molar-refractivity contribution in [3.8, 4) is 0 Å². The van der Waals surface area contributed by atoms with E-state index in [4.69, 9.17) is 4.74 Å². The van der Waals surface area contributed by atoms with Gasteiger partial charge >= 0.3 is 0 Å². The van der Waals surface area contributed by atoms with Crippen molar-refractivity contribution in [2.24, 2.45) is 0 Å². The zero-order valence-electron chi connectivity index (χ0n) is 9.52. The SMILES string of the molecule is O=C(c1cccc[n+]1[O-])[C@@H]1O[C@@H]1c1ccccc1. The van der Waals surface area contributed by atoms with E-state index in [0.29, 0.717) is 4.73 Å². The van der Waals surface area contributed by atoms with E-state index in [2.05, 4.69) is 0 Å². The number of nitrogens with zero attached hydrogens (tertiary/aromatic N) is 1. The van der Waals surface area contributed by atoms with Crippen molar-refractivity contribution in [2.75, 3.05) is 0 Å². The number of hydrogen-bond donors (Lipinski definition) is 0. The number of carbonyl (C=O) groups is 1. The number of rotatable bonds is 3. The molecule has 1 saturated heterocycles.